The second-order valence-electron chi connectivity index (χ2n) is 7.62. The SMILES string of the molecule is CCCNC1C(N(C)CC2CCCC2)CCC1(C)C. The van der Waals surface area contributed by atoms with E-state index in [0.29, 0.717) is 11.5 Å². The molecule has 2 aliphatic rings. The van der Waals surface area contributed by atoms with Crippen LogP contribution in [0.4, 0.5) is 0 Å². The summed E-state index contributed by atoms with van der Waals surface area (Å²) < 4.78 is 0. The van der Waals surface area contributed by atoms with Crippen molar-refractivity contribution < 1.29 is 0 Å². The zero-order valence-corrected chi connectivity index (χ0v) is 13.5. The van der Waals surface area contributed by atoms with Gasteiger partial charge in [-0.3, -0.25) is 0 Å². The number of nitrogens with one attached hydrogen (secondary N) is 1. The predicted molar refractivity (Wildman–Crippen MR) is 83.5 cm³/mol. The van der Waals surface area contributed by atoms with E-state index in [1.807, 2.05) is 0 Å². The molecule has 2 aliphatic carbocycles. The van der Waals surface area contributed by atoms with Gasteiger partial charge in [0.25, 0.3) is 0 Å². The van der Waals surface area contributed by atoms with Crippen molar-refractivity contribution in [2.75, 3.05) is 20.1 Å². The summed E-state index contributed by atoms with van der Waals surface area (Å²) in [7, 11) is 2.37. The zero-order valence-electron chi connectivity index (χ0n) is 13.5. The van der Waals surface area contributed by atoms with E-state index in [1.54, 1.807) is 0 Å². The van der Waals surface area contributed by atoms with Crippen molar-refractivity contribution in [3.05, 3.63) is 0 Å². The topological polar surface area (TPSA) is 15.3 Å². The molecule has 2 fully saturated rings. The van der Waals surface area contributed by atoms with Crippen LogP contribution in [0.3, 0.4) is 0 Å². The van der Waals surface area contributed by atoms with Crippen LogP contribution in [0.1, 0.15) is 65.7 Å². The standard InChI is InChI=1S/C17H34N2/c1-5-12-18-16-15(10-11-17(16,2)3)19(4)13-14-8-6-7-9-14/h14-16,18H,5-13H2,1-4H3. The van der Waals surface area contributed by atoms with E-state index < -0.39 is 0 Å². The van der Waals surface area contributed by atoms with Crippen molar-refractivity contribution >= 4 is 0 Å². The van der Waals surface area contributed by atoms with E-state index in [4.69, 9.17) is 0 Å². The van der Waals surface area contributed by atoms with E-state index >= 15 is 0 Å². The molecule has 0 aliphatic heterocycles. The Labute approximate surface area is 120 Å². The van der Waals surface area contributed by atoms with Gasteiger partial charge in [-0.05, 0) is 57.0 Å². The quantitative estimate of drug-likeness (QED) is 0.789. The molecule has 1 N–H and O–H groups in total. The Bertz CT molecular complexity index is 268. The fraction of sp³-hybridized carbons (Fsp3) is 1.00. The van der Waals surface area contributed by atoms with Crippen LogP contribution in [0.15, 0.2) is 0 Å². The Kier molecular flexibility index (Phi) is 5.30. The molecule has 2 unspecified atom stereocenters. The van der Waals surface area contributed by atoms with Crippen LogP contribution in [0.2, 0.25) is 0 Å². The highest BCUT2D eigenvalue weighted by molar-refractivity contribution is 5.00. The number of rotatable bonds is 6. The Morgan fingerprint density at radius 2 is 1.84 bits per heavy atom. The van der Waals surface area contributed by atoms with Crippen LogP contribution in [0.5, 0.6) is 0 Å². The maximum atomic E-state index is 3.84. The van der Waals surface area contributed by atoms with Crippen molar-refractivity contribution in [2.24, 2.45) is 11.3 Å². The van der Waals surface area contributed by atoms with Crippen LogP contribution in [-0.4, -0.2) is 37.1 Å². The number of likely N-dealkylation sites (N-methyl/N-ethyl adjacent to an activating group) is 1. The van der Waals surface area contributed by atoms with E-state index in [-0.39, 0.29) is 0 Å². The third-order valence-corrected chi connectivity index (χ3v) is 5.51. The molecule has 2 rings (SSSR count). The number of nitrogens with zero attached hydrogens (tertiary/aromatic N) is 1. The first-order chi connectivity index (χ1) is 9.04. The average Bonchev–Trinajstić information content (AvgIpc) is 2.94. The van der Waals surface area contributed by atoms with E-state index in [0.717, 1.165) is 12.0 Å². The van der Waals surface area contributed by atoms with Crippen LogP contribution in [0, 0.1) is 11.3 Å². The number of hydrogen-bond acceptors (Lipinski definition) is 2. The first-order valence-corrected chi connectivity index (χ1v) is 8.48. The minimum Gasteiger partial charge on any atom is -0.312 e. The molecule has 112 valence electrons. The molecule has 0 heterocycles. The summed E-state index contributed by atoms with van der Waals surface area (Å²) in [5.41, 5.74) is 0.462. The Hall–Kier alpha value is -0.0800. The molecule has 0 spiro atoms. The van der Waals surface area contributed by atoms with Gasteiger partial charge in [0, 0.05) is 18.6 Å². The molecule has 2 nitrogen and oxygen atoms in total. The third kappa shape index (κ3) is 3.72. The van der Waals surface area contributed by atoms with Crippen molar-refractivity contribution in [3.8, 4) is 0 Å². The first kappa shape index (κ1) is 15.3. The highest BCUT2D eigenvalue weighted by Crippen LogP contribution is 2.40. The molecule has 0 aromatic carbocycles. The van der Waals surface area contributed by atoms with Crippen molar-refractivity contribution in [1.29, 1.82) is 0 Å². The summed E-state index contributed by atoms with van der Waals surface area (Å²) in [6.45, 7) is 9.66. The second kappa shape index (κ2) is 6.58. The molecule has 2 saturated carbocycles. The van der Waals surface area contributed by atoms with Gasteiger partial charge >= 0.3 is 0 Å². The molecular formula is C17H34N2. The van der Waals surface area contributed by atoms with Crippen LogP contribution >= 0.6 is 0 Å². The monoisotopic (exact) mass is 266 g/mol. The Morgan fingerprint density at radius 3 is 2.47 bits per heavy atom. The Morgan fingerprint density at radius 1 is 1.16 bits per heavy atom. The normalized spacial score (nSPS) is 31.4. The van der Waals surface area contributed by atoms with Crippen molar-refractivity contribution in [2.45, 2.75) is 77.8 Å². The number of hydrogen-bond donors (Lipinski definition) is 1. The van der Waals surface area contributed by atoms with Gasteiger partial charge in [-0.1, -0.05) is 33.6 Å². The zero-order chi connectivity index (χ0) is 13.9. The lowest BCUT2D eigenvalue weighted by atomic mass is 9.86. The minimum atomic E-state index is 0.462. The molecule has 2 atom stereocenters. The highest BCUT2D eigenvalue weighted by atomic mass is 15.2. The van der Waals surface area contributed by atoms with Crippen LogP contribution in [0.25, 0.3) is 0 Å². The Balaban J connectivity index is 1.92. The molecule has 0 aromatic rings. The summed E-state index contributed by atoms with van der Waals surface area (Å²) in [5.74, 6) is 0.973. The molecule has 0 bridgehead atoms. The lowest BCUT2D eigenvalue weighted by Gasteiger charge is -2.37. The van der Waals surface area contributed by atoms with E-state index in [2.05, 4.69) is 38.0 Å². The van der Waals surface area contributed by atoms with Crippen LogP contribution in [-0.2, 0) is 0 Å². The lowest BCUT2D eigenvalue weighted by molar-refractivity contribution is 0.153. The summed E-state index contributed by atoms with van der Waals surface area (Å²) in [6, 6.07) is 1.43. The molecule has 2 heteroatoms. The van der Waals surface area contributed by atoms with E-state index in [1.165, 1.54) is 58.0 Å². The molecule has 0 saturated heterocycles. The van der Waals surface area contributed by atoms with Gasteiger partial charge in [0.15, 0.2) is 0 Å². The van der Waals surface area contributed by atoms with Crippen molar-refractivity contribution in [3.63, 3.8) is 0 Å². The smallest absolute Gasteiger partial charge is 0.0274 e. The van der Waals surface area contributed by atoms with Gasteiger partial charge in [-0.25, -0.2) is 0 Å². The van der Waals surface area contributed by atoms with E-state index in [9.17, 15) is 0 Å². The van der Waals surface area contributed by atoms with Gasteiger partial charge in [-0.15, -0.1) is 0 Å². The summed E-state index contributed by atoms with van der Waals surface area (Å²) in [5, 5.41) is 3.84. The average molecular weight is 266 g/mol. The van der Waals surface area contributed by atoms with Crippen LogP contribution < -0.4 is 5.32 Å². The summed E-state index contributed by atoms with van der Waals surface area (Å²) in [6.07, 6.45) is 9.84. The largest absolute Gasteiger partial charge is 0.312 e. The highest BCUT2D eigenvalue weighted by Gasteiger charge is 2.43. The fourth-order valence-corrected chi connectivity index (χ4v) is 4.29. The molecule has 19 heavy (non-hydrogen) atoms. The van der Waals surface area contributed by atoms with Gasteiger partial charge in [-0.2, -0.15) is 0 Å². The predicted octanol–water partition coefficient (Wildman–Crippen LogP) is 3.67. The lowest BCUT2D eigenvalue weighted by Crippen LogP contribution is -2.51. The third-order valence-electron chi connectivity index (χ3n) is 5.51. The molecule has 0 aromatic heterocycles. The van der Waals surface area contributed by atoms with Gasteiger partial charge in [0.05, 0.1) is 0 Å². The summed E-state index contributed by atoms with van der Waals surface area (Å²) in [4.78, 5) is 2.68. The molecule has 0 radical (unpaired) electrons. The second-order valence-corrected chi connectivity index (χ2v) is 7.62. The van der Waals surface area contributed by atoms with Crippen molar-refractivity contribution in [1.82, 2.24) is 10.2 Å². The fourth-order valence-electron chi connectivity index (χ4n) is 4.29. The van der Waals surface area contributed by atoms with Gasteiger partial charge < -0.3 is 10.2 Å². The van der Waals surface area contributed by atoms with Gasteiger partial charge in [0.1, 0.15) is 0 Å². The molecule has 0 amide bonds. The van der Waals surface area contributed by atoms with Gasteiger partial charge in [0.2, 0.25) is 0 Å². The molecular weight excluding hydrogens is 232 g/mol. The first-order valence-electron chi connectivity index (χ1n) is 8.48. The summed E-state index contributed by atoms with van der Waals surface area (Å²) >= 11 is 0. The maximum absolute atomic E-state index is 3.84. The minimum absolute atomic E-state index is 0.462. The maximum Gasteiger partial charge on any atom is 0.0274 e.